The number of hydrogen-bond donors (Lipinski definition) is 1. The summed E-state index contributed by atoms with van der Waals surface area (Å²) >= 11 is 12.8. The van der Waals surface area contributed by atoms with Crippen molar-refractivity contribution in [3.63, 3.8) is 0 Å². The van der Waals surface area contributed by atoms with Crippen molar-refractivity contribution >= 4 is 46.5 Å². The molecule has 3 aromatic rings. The van der Waals surface area contributed by atoms with E-state index >= 15 is 0 Å². The summed E-state index contributed by atoms with van der Waals surface area (Å²) < 4.78 is 11.5. The van der Waals surface area contributed by atoms with Crippen molar-refractivity contribution in [1.82, 2.24) is 10.2 Å². The molecule has 3 heterocycles. The second-order valence-electron chi connectivity index (χ2n) is 4.43. The number of hydrogen-bond acceptors (Lipinski definition) is 6. The zero-order chi connectivity index (χ0) is 15.9. The zero-order valence-corrected chi connectivity index (χ0v) is 13.8. The Hall–Kier alpha value is -1.83. The van der Waals surface area contributed by atoms with Gasteiger partial charge in [0.2, 0.25) is 0 Å². The fourth-order valence-corrected chi connectivity index (χ4v) is 3.34. The smallest absolute Gasteiger partial charge is 0.322 e. The van der Waals surface area contributed by atoms with E-state index in [1.54, 1.807) is 13.0 Å². The monoisotopic (exact) mass is 357 g/mol. The standard InChI is InChI=1S/C13H9Cl2N3O3S/c1-5-3-7(6(2)20-5)12-17-18-13(21-12)16-11(19)8-4-9(14)22-10(8)15/h3-4H,1-2H3,(H,16,18,19). The maximum Gasteiger partial charge on any atom is 0.322 e. The number of amides is 1. The van der Waals surface area contributed by atoms with Gasteiger partial charge in [0.25, 0.3) is 11.8 Å². The average molecular weight is 358 g/mol. The minimum atomic E-state index is -0.469. The third kappa shape index (κ3) is 2.87. The fourth-order valence-electron chi connectivity index (χ4n) is 1.89. The molecule has 3 aromatic heterocycles. The van der Waals surface area contributed by atoms with Crippen molar-refractivity contribution in [2.24, 2.45) is 0 Å². The molecule has 0 saturated carbocycles. The number of halogens is 2. The Kier molecular flexibility index (Phi) is 3.94. The van der Waals surface area contributed by atoms with Crippen LogP contribution in [-0.2, 0) is 0 Å². The molecule has 3 rings (SSSR count). The Bertz CT molecular complexity index is 853. The van der Waals surface area contributed by atoms with E-state index in [0.717, 1.165) is 17.1 Å². The lowest BCUT2D eigenvalue weighted by atomic mass is 10.2. The van der Waals surface area contributed by atoms with Gasteiger partial charge in [-0.2, -0.15) is 0 Å². The highest BCUT2D eigenvalue weighted by molar-refractivity contribution is 7.20. The van der Waals surface area contributed by atoms with Crippen LogP contribution < -0.4 is 5.32 Å². The van der Waals surface area contributed by atoms with Crippen LogP contribution in [0, 0.1) is 13.8 Å². The van der Waals surface area contributed by atoms with E-state index in [-0.39, 0.29) is 17.5 Å². The number of aromatic nitrogens is 2. The lowest BCUT2D eigenvalue weighted by Crippen LogP contribution is -2.11. The van der Waals surface area contributed by atoms with Crippen LogP contribution in [0.2, 0.25) is 8.67 Å². The first-order valence-electron chi connectivity index (χ1n) is 6.11. The first-order valence-corrected chi connectivity index (χ1v) is 7.68. The molecule has 0 bridgehead atoms. The summed E-state index contributed by atoms with van der Waals surface area (Å²) in [7, 11) is 0. The lowest BCUT2D eigenvalue weighted by molar-refractivity contribution is 0.102. The Labute approximate surface area is 139 Å². The van der Waals surface area contributed by atoms with E-state index in [9.17, 15) is 4.79 Å². The van der Waals surface area contributed by atoms with Crippen molar-refractivity contribution in [2.45, 2.75) is 13.8 Å². The molecular weight excluding hydrogens is 349 g/mol. The quantitative estimate of drug-likeness (QED) is 0.742. The van der Waals surface area contributed by atoms with E-state index in [0.29, 0.717) is 20.0 Å². The highest BCUT2D eigenvalue weighted by atomic mass is 35.5. The van der Waals surface area contributed by atoms with E-state index in [1.807, 2.05) is 6.92 Å². The first-order chi connectivity index (χ1) is 10.4. The predicted octanol–water partition coefficient (Wildman–Crippen LogP) is 4.57. The first kappa shape index (κ1) is 15.1. The molecule has 22 heavy (non-hydrogen) atoms. The Morgan fingerprint density at radius 2 is 2.00 bits per heavy atom. The van der Waals surface area contributed by atoms with Crippen molar-refractivity contribution < 1.29 is 13.6 Å². The van der Waals surface area contributed by atoms with Gasteiger partial charge in [0.15, 0.2) is 0 Å². The minimum Gasteiger partial charge on any atom is -0.466 e. The van der Waals surface area contributed by atoms with Gasteiger partial charge in [-0.3, -0.25) is 10.1 Å². The van der Waals surface area contributed by atoms with Crippen LogP contribution in [0.5, 0.6) is 0 Å². The normalized spacial score (nSPS) is 10.9. The molecule has 114 valence electrons. The summed E-state index contributed by atoms with van der Waals surface area (Å²) in [6.45, 7) is 3.61. The molecule has 0 saturated heterocycles. The third-order valence-electron chi connectivity index (χ3n) is 2.82. The van der Waals surface area contributed by atoms with Gasteiger partial charge < -0.3 is 8.83 Å². The summed E-state index contributed by atoms with van der Waals surface area (Å²) in [4.78, 5) is 12.1. The zero-order valence-electron chi connectivity index (χ0n) is 11.4. The highest BCUT2D eigenvalue weighted by Gasteiger charge is 2.19. The summed E-state index contributed by atoms with van der Waals surface area (Å²) in [6, 6.07) is 3.23. The second-order valence-corrected chi connectivity index (χ2v) is 6.72. The van der Waals surface area contributed by atoms with Gasteiger partial charge in [0, 0.05) is 0 Å². The SMILES string of the molecule is Cc1cc(-c2nnc(NC(=O)c3cc(Cl)sc3Cl)o2)c(C)o1. The number of nitrogens with zero attached hydrogens (tertiary/aromatic N) is 2. The van der Waals surface area contributed by atoms with Crippen molar-refractivity contribution in [3.05, 3.63) is 37.9 Å². The van der Waals surface area contributed by atoms with E-state index in [1.165, 1.54) is 6.07 Å². The van der Waals surface area contributed by atoms with Crippen LogP contribution in [0.25, 0.3) is 11.5 Å². The lowest BCUT2D eigenvalue weighted by Gasteiger charge is -1.97. The molecule has 0 atom stereocenters. The fraction of sp³-hybridized carbons (Fsp3) is 0.154. The molecule has 0 aromatic carbocycles. The summed E-state index contributed by atoms with van der Waals surface area (Å²) in [5.74, 6) is 1.19. The van der Waals surface area contributed by atoms with Gasteiger partial charge in [0.1, 0.15) is 15.9 Å². The van der Waals surface area contributed by atoms with Gasteiger partial charge >= 0.3 is 6.01 Å². The number of aryl methyl sites for hydroxylation is 2. The van der Waals surface area contributed by atoms with Gasteiger partial charge in [-0.15, -0.1) is 16.4 Å². The molecule has 9 heteroatoms. The topological polar surface area (TPSA) is 81.2 Å². The number of thiophene rings is 1. The van der Waals surface area contributed by atoms with Crippen LogP contribution in [0.15, 0.2) is 21.0 Å². The van der Waals surface area contributed by atoms with Crippen molar-refractivity contribution in [3.8, 4) is 11.5 Å². The molecule has 1 amide bonds. The number of nitrogens with one attached hydrogen (secondary N) is 1. The Morgan fingerprint density at radius 1 is 1.23 bits per heavy atom. The van der Waals surface area contributed by atoms with Gasteiger partial charge in [-0.05, 0) is 26.0 Å². The number of carbonyl (C=O) groups excluding carboxylic acids is 1. The number of furan rings is 1. The third-order valence-corrected chi connectivity index (χ3v) is 4.31. The summed E-state index contributed by atoms with van der Waals surface area (Å²) in [5.41, 5.74) is 0.939. The van der Waals surface area contributed by atoms with Crippen LogP contribution >= 0.6 is 34.5 Å². The highest BCUT2D eigenvalue weighted by Crippen LogP contribution is 2.32. The van der Waals surface area contributed by atoms with Crippen LogP contribution in [-0.4, -0.2) is 16.1 Å². The molecule has 0 unspecified atom stereocenters. The molecule has 0 spiro atoms. The van der Waals surface area contributed by atoms with Crippen LogP contribution in [0.1, 0.15) is 21.9 Å². The number of anilines is 1. The van der Waals surface area contributed by atoms with Crippen LogP contribution in [0.3, 0.4) is 0 Å². The molecule has 0 aliphatic carbocycles. The van der Waals surface area contributed by atoms with Crippen molar-refractivity contribution in [2.75, 3.05) is 5.32 Å². The van der Waals surface area contributed by atoms with Crippen LogP contribution in [0.4, 0.5) is 6.01 Å². The van der Waals surface area contributed by atoms with Gasteiger partial charge in [-0.25, -0.2) is 0 Å². The van der Waals surface area contributed by atoms with E-state index in [2.05, 4.69) is 15.5 Å². The maximum absolute atomic E-state index is 12.1. The van der Waals surface area contributed by atoms with E-state index in [4.69, 9.17) is 32.0 Å². The average Bonchev–Trinajstić information content (AvgIpc) is 3.10. The Morgan fingerprint density at radius 3 is 2.59 bits per heavy atom. The number of carbonyl (C=O) groups is 1. The molecule has 0 fully saturated rings. The minimum absolute atomic E-state index is 0.0309. The molecule has 0 radical (unpaired) electrons. The van der Waals surface area contributed by atoms with E-state index < -0.39 is 5.91 Å². The number of rotatable bonds is 3. The molecule has 0 aliphatic heterocycles. The summed E-state index contributed by atoms with van der Waals surface area (Å²) in [5, 5.41) is 10.2. The molecule has 1 N–H and O–H groups in total. The molecular formula is C13H9Cl2N3O3S. The Balaban J connectivity index is 1.81. The van der Waals surface area contributed by atoms with Gasteiger partial charge in [-0.1, -0.05) is 28.3 Å². The van der Waals surface area contributed by atoms with Gasteiger partial charge in [0.05, 0.1) is 15.5 Å². The maximum atomic E-state index is 12.1. The largest absolute Gasteiger partial charge is 0.466 e. The summed E-state index contributed by atoms with van der Waals surface area (Å²) in [6.07, 6.45) is 0. The van der Waals surface area contributed by atoms with Crippen molar-refractivity contribution in [1.29, 1.82) is 0 Å². The molecule has 0 aliphatic rings. The molecule has 6 nitrogen and oxygen atoms in total. The second kappa shape index (κ2) is 5.75. The predicted molar refractivity (Wildman–Crippen MR) is 83.8 cm³/mol.